The second-order valence-corrected chi connectivity index (χ2v) is 8.13. The van der Waals surface area contributed by atoms with Crippen molar-refractivity contribution in [3.8, 4) is 29.1 Å². The molecule has 1 atom stereocenters. The van der Waals surface area contributed by atoms with E-state index in [2.05, 4.69) is 6.07 Å². The third-order valence-electron chi connectivity index (χ3n) is 6.20. The second-order valence-electron chi connectivity index (χ2n) is 8.13. The van der Waals surface area contributed by atoms with Crippen LogP contribution in [0.5, 0.6) is 23.0 Å². The molecule has 1 aliphatic rings. The van der Waals surface area contributed by atoms with Gasteiger partial charge in [0.2, 0.25) is 5.88 Å². The van der Waals surface area contributed by atoms with E-state index in [0.29, 0.717) is 47.1 Å². The Morgan fingerprint density at radius 2 is 1.69 bits per heavy atom. The van der Waals surface area contributed by atoms with E-state index in [0.717, 1.165) is 11.3 Å². The van der Waals surface area contributed by atoms with Crippen LogP contribution in [0, 0.1) is 18.3 Å². The number of nitrogens with two attached hydrogens (primary N) is 1. The minimum absolute atomic E-state index is 0.0531. The maximum absolute atomic E-state index is 13.9. The Bertz CT molecular complexity index is 1390. The van der Waals surface area contributed by atoms with Crippen molar-refractivity contribution in [2.75, 3.05) is 21.3 Å². The Kier molecular flexibility index (Phi) is 6.69. The largest absolute Gasteiger partial charge is 0.496 e. The number of nitrogens with zero attached hydrogens (tertiary/aromatic N) is 2. The van der Waals surface area contributed by atoms with Crippen LogP contribution in [0.3, 0.4) is 0 Å². The van der Waals surface area contributed by atoms with Gasteiger partial charge in [0.05, 0.1) is 32.8 Å². The highest BCUT2D eigenvalue weighted by molar-refractivity contribution is 5.61. The smallest absolute Gasteiger partial charge is 0.258 e. The molecule has 3 aromatic rings. The van der Waals surface area contributed by atoms with Gasteiger partial charge in [-0.15, -0.1) is 0 Å². The molecule has 0 saturated heterocycles. The number of aryl methyl sites for hydroxylation is 2. The lowest BCUT2D eigenvalue weighted by Crippen LogP contribution is -2.33. The molecule has 0 aliphatic carbocycles. The zero-order valence-electron chi connectivity index (χ0n) is 20.1. The average Bonchev–Trinajstić information content (AvgIpc) is 2.87. The van der Waals surface area contributed by atoms with Gasteiger partial charge in [0, 0.05) is 29.9 Å². The topological polar surface area (TPSA) is 109 Å². The van der Waals surface area contributed by atoms with Gasteiger partial charge in [-0.3, -0.25) is 4.79 Å². The summed E-state index contributed by atoms with van der Waals surface area (Å²) in [6, 6.07) is 17.2. The molecule has 2 heterocycles. The molecule has 35 heavy (non-hydrogen) atoms. The zero-order chi connectivity index (χ0) is 25.1. The Balaban J connectivity index is 1.92. The summed E-state index contributed by atoms with van der Waals surface area (Å²) in [6.45, 7) is 2.32. The van der Waals surface area contributed by atoms with E-state index in [9.17, 15) is 10.1 Å². The molecule has 1 aromatic heterocycles. The summed E-state index contributed by atoms with van der Waals surface area (Å²) in [6.07, 6.45) is 0.675. The molecule has 1 aliphatic heterocycles. The fourth-order valence-corrected chi connectivity index (χ4v) is 4.44. The minimum Gasteiger partial charge on any atom is -0.496 e. The van der Waals surface area contributed by atoms with E-state index >= 15 is 0 Å². The number of allylic oxidation sites excluding steroid dienone is 1. The number of ether oxygens (including phenoxy) is 4. The van der Waals surface area contributed by atoms with Crippen LogP contribution in [0.4, 0.5) is 0 Å². The van der Waals surface area contributed by atoms with Crippen LogP contribution < -0.4 is 30.2 Å². The molecule has 8 nitrogen and oxygen atoms in total. The average molecular weight is 474 g/mol. The first-order chi connectivity index (χ1) is 16.9. The quantitative estimate of drug-likeness (QED) is 0.558. The van der Waals surface area contributed by atoms with Crippen molar-refractivity contribution in [2.45, 2.75) is 25.8 Å². The van der Waals surface area contributed by atoms with Crippen LogP contribution in [0.1, 0.15) is 28.3 Å². The Hall–Kier alpha value is -4.38. The molecule has 0 radical (unpaired) electrons. The number of fused-ring (bicyclic) bond motifs is 1. The zero-order valence-corrected chi connectivity index (χ0v) is 20.1. The molecule has 0 bridgehead atoms. The molecule has 0 saturated carbocycles. The van der Waals surface area contributed by atoms with Gasteiger partial charge in [0.1, 0.15) is 23.1 Å². The molecule has 2 N–H and O–H groups in total. The van der Waals surface area contributed by atoms with Gasteiger partial charge in [-0.25, -0.2) is 0 Å². The Morgan fingerprint density at radius 3 is 2.31 bits per heavy atom. The lowest BCUT2D eigenvalue weighted by molar-refractivity contribution is 0.346. The summed E-state index contributed by atoms with van der Waals surface area (Å²) in [5, 5.41) is 10.0. The third kappa shape index (κ3) is 4.28. The van der Waals surface area contributed by atoms with Crippen LogP contribution in [-0.4, -0.2) is 25.9 Å². The summed E-state index contributed by atoms with van der Waals surface area (Å²) in [4.78, 5) is 13.9. The van der Waals surface area contributed by atoms with Crippen LogP contribution in [0.25, 0.3) is 0 Å². The molecule has 0 fully saturated rings. The number of nitriles is 1. The lowest BCUT2D eigenvalue weighted by atomic mass is 9.83. The van der Waals surface area contributed by atoms with Crippen molar-refractivity contribution in [1.29, 1.82) is 5.26 Å². The van der Waals surface area contributed by atoms with Crippen molar-refractivity contribution in [1.82, 2.24) is 4.57 Å². The summed E-state index contributed by atoms with van der Waals surface area (Å²) in [5.41, 5.74) is 8.74. The van der Waals surface area contributed by atoms with Crippen molar-refractivity contribution >= 4 is 0 Å². The number of benzene rings is 2. The summed E-state index contributed by atoms with van der Waals surface area (Å²) >= 11 is 0. The molecule has 2 aromatic carbocycles. The fraction of sp³-hybridized carbons (Fsp3) is 0.259. The predicted molar refractivity (Wildman–Crippen MR) is 131 cm³/mol. The van der Waals surface area contributed by atoms with Gasteiger partial charge >= 0.3 is 0 Å². The SMILES string of the molecule is COc1cc(OC)c([C@@H]2C(C#N)=C(N)Oc3cc(C)n(CCc4ccccc4)c(=O)c32)cc1OC. The van der Waals surface area contributed by atoms with Gasteiger partial charge in [-0.05, 0) is 25.0 Å². The number of hydrogen-bond donors (Lipinski definition) is 1. The summed E-state index contributed by atoms with van der Waals surface area (Å²) in [7, 11) is 4.55. The number of hydrogen-bond acceptors (Lipinski definition) is 7. The Morgan fingerprint density at radius 1 is 1.03 bits per heavy atom. The minimum atomic E-state index is -0.811. The maximum atomic E-state index is 13.9. The fourth-order valence-electron chi connectivity index (χ4n) is 4.44. The third-order valence-corrected chi connectivity index (χ3v) is 6.20. The molecule has 0 unspecified atom stereocenters. The molecular weight excluding hydrogens is 446 g/mol. The molecular formula is C27H27N3O5. The van der Waals surface area contributed by atoms with Gasteiger partial charge < -0.3 is 29.2 Å². The number of pyridine rings is 1. The van der Waals surface area contributed by atoms with Crippen molar-refractivity contribution in [3.63, 3.8) is 0 Å². The highest BCUT2D eigenvalue weighted by Gasteiger charge is 2.36. The second kappa shape index (κ2) is 9.85. The van der Waals surface area contributed by atoms with Crippen molar-refractivity contribution in [3.05, 3.63) is 92.7 Å². The molecule has 0 amide bonds. The van der Waals surface area contributed by atoms with Crippen LogP contribution in [0.2, 0.25) is 0 Å². The number of rotatable bonds is 7. The van der Waals surface area contributed by atoms with E-state index in [4.69, 9.17) is 24.7 Å². The first kappa shape index (κ1) is 23.8. The summed E-state index contributed by atoms with van der Waals surface area (Å²) < 4.78 is 24.0. The van der Waals surface area contributed by atoms with E-state index in [1.165, 1.54) is 21.3 Å². The number of methoxy groups -OCH3 is 3. The van der Waals surface area contributed by atoms with Crippen molar-refractivity contribution in [2.24, 2.45) is 5.73 Å². The van der Waals surface area contributed by atoms with Gasteiger partial charge in [-0.2, -0.15) is 5.26 Å². The van der Waals surface area contributed by atoms with E-state index in [-0.39, 0.29) is 17.0 Å². The molecule has 180 valence electrons. The van der Waals surface area contributed by atoms with Gasteiger partial charge in [0.15, 0.2) is 11.5 Å². The summed E-state index contributed by atoms with van der Waals surface area (Å²) in [5.74, 6) is 0.777. The first-order valence-electron chi connectivity index (χ1n) is 11.1. The van der Waals surface area contributed by atoms with Crippen molar-refractivity contribution < 1.29 is 18.9 Å². The number of aromatic nitrogens is 1. The van der Waals surface area contributed by atoms with Crippen LogP contribution >= 0.6 is 0 Å². The van der Waals surface area contributed by atoms with E-state index in [1.807, 2.05) is 37.3 Å². The van der Waals surface area contributed by atoms with Gasteiger partial charge in [-0.1, -0.05) is 30.3 Å². The molecule has 4 rings (SSSR count). The molecule has 8 heteroatoms. The predicted octanol–water partition coefficient (Wildman–Crippen LogP) is 3.64. The van der Waals surface area contributed by atoms with Gasteiger partial charge in [0.25, 0.3) is 5.56 Å². The normalized spacial score (nSPS) is 14.5. The van der Waals surface area contributed by atoms with E-state index in [1.54, 1.807) is 22.8 Å². The molecule has 0 spiro atoms. The first-order valence-corrected chi connectivity index (χ1v) is 11.1. The Labute approximate surface area is 203 Å². The standard InChI is InChI=1S/C27H27N3O5/c1-16-12-23-25(27(31)30(16)11-10-17-8-6-5-7-9-17)24(19(15-28)26(29)35-23)18-13-21(33-3)22(34-4)14-20(18)32-2/h5-9,12-14,24H,10-11,29H2,1-4H3/t24-/m1/s1. The monoisotopic (exact) mass is 473 g/mol. The van der Waals surface area contributed by atoms with Crippen LogP contribution in [-0.2, 0) is 13.0 Å². The van der Waals surface area contributed by atoms with E-state index < -0.39 is 5.92 Å². The maximum Gasteiger partial charge on any atom is 0.258 e. The highest BCUT2D eigenvalue weighted by Crippen LogP contribution is 2.46. The lowest BCUT2D eigenvalue weighted by Gasteiger charge is -2.28. The highest BCUT2D eigenvalue weighted by atomic mass is 16.5. The van der Waals surface area contributed by atoms with Crippen LogP contribution in [0.15, 0.2) is 64.8 Å².